The van der Waals surface area contributed by atoms with Gasteiger partial charge in [0.2, 0.25) is 0 Å². The molecule has 0 aromatic carbocycles. The average molecular weight is 299 g/mol. The largest absolute Gasteiger partial charge is 0.458 e. The van der Waals surface area contributed by atoms with Gasteiger partial charge in [0, 0.05) is 6.54 Å². The molecule has 0 saturated heterocycles. The van der Waals surface area contributed by atoms with Crippen LogP contribution in [0.1, 0.15) is 67.2 Å². The molecule has 0 unspecified atom stereocenters. The molecule has 1 aliphatic rings. The van der Waals surface area contributed by atoms with Crippen molar-refractivity contribution in [1.29, 1.82) is 0 Å². The second-order valence-corrected chi connectivity index (χ2v) is 8.40. The van der Waals surface area contributed by atoms with Crippen LogP contribution < -0.4 is 5.73 Å². The minimum Gasteiger partial charge on any atom is -0.458 e. The van der Waals surface area contributed by atoms with E-state index in [-0.39, 0.29) is 18.2 Å². The monoisotopic (exact) mass is 299 g/mol. The van der Waals surface area contributed by atoms with E-state index in [1.165, 1.54) is 0 Å². The molecule has 4 nitrogen and oxygen atoms in total. The van der Waals surface area contributed by atoms with Crippen LogP contribution in [0.15, 0.2) is 0 Å². The number of esters is 1. The van der Waals surface area contributed by atoms with E-state index in [0.717, 1.165) is 25.7 Å². The predicted octanol–water partition coefficient (Wildman–Crippen LogP) is 3.28. The summed E-state index contributed by atoms with van der Waals surface area (Å²) < 4.78 is 11.2. The zero-order valence-corrected chi connectivity index (χ0v) is 14.6. The highest BCUT2D eigenvalue weighted by Gasteiger charge is 2.39. The van der Waals surface area contributed by atoms with Crippen LogP contribution in [-0.4, -0.2) is 30.3 Å². The van der Waals surface area contributed by atoms with Gasteiger partial charge in [-0.05, 0) is 57.8 Å². The maximum atomic E-state index is 11.8. The van der Waals surface area contributed by atoms with E-state index in [2.05, 4.69) is 20.8 Å². The van der Waals surface area contributed by atoms with Gasteiger partial charge in [-0.1, -0.05) is 20.8 Å². The predicted molar refractivity (Wildman–Crippen MR) is 85.0 cm³/mol. The van der Waals surface area contributed by atoms with Crippen molar-refractivity contribution in [2.45, 2.75) is 78.4 Å². The lowest BCUT2D eigenvalue weighted by Gasteiger charge is -2.43. The third-order valence-electron chi connectivity index (χ3n) is 4.41. The Bertz CT molecular complexity index is 344. The van der Waals surface area contributed by atoms with Crippen LogP contribution in [0, 0.1) is 11.3 Å². The van der Waals surface area contributed by atoms with E-state index < -0.39 is 5.60 Å². The van der Waals surface area contributed by atoms with E-state index in [1.54, 1.807) is 0 Å². The van der Waals surface area contributed by atoms with Gasteiger partial charge in [0.05, 0.1) is 5.60 Å². The molecule has 0 heterocycles. The molecule has 0 bridgehead atoms. The van der Waals surface area contributed by atoms with Crippen molar-refractivity contribution in [2.24, 2.45) is 17.1 Å². The lowest BCUT2D eigenvalue weighted by atomic mass is 9.68. The normalized spacial score (nSPS) is 27.5. The van der Waals surface area contributed by atoms with Crippen LogP contribution in [0.25, 0.3) is 0 Å². The van der Waals surface area contributed by atoms with Crippen molar-refractivity contribution < 1.29 is 14.3 Å². The van der Waals surface area contributed by atoms with Gasteiger partial charge in [0.15, 0.2) is 0 Å². The summed E-state index contributed by atoms with van der Waals surface area (Å²) >= 11 is 0. The third-order valence-corrected chi connectivity index (χ3v) is 4.41. The SMILES string of the molecule is CC(C)(C)OC(=O)COC1(CN)CCC(C(C)(C)C)CC1. The van der Waals surface area contributed by atoms with Gasteiger partial charge >= 0.3 is 5.97 Å². The molecule has 0 aromatic heterocycles. The van der Waals surface area contributed by atoms with Gasteiger partial charge in [-0.15, -0.1) is 0 Å². The first-order valence-corrected chi connectivity index (χ1v) is 8.03. The molecule has 0 aromatic rings. The Labute approximate surface area is 129 Å². The maximum Gasteiger partial charge on any atom is 0.332 e. The Morgan fingerprint density at radius 2 is 1.67 bits per heavy atom. The molecular weight excluding hydrogens is 266 g/mol. The van der Waals surface area contributed by atoms with Gasteiger partial charge in [-0.25, -0.2) is 4.79 Å². The topological polar surface area (TPSA) is 61.5 Å². The smallest absolute Gasteiger partial charge is 0.332 e. The molecule has 124 valence electrons. The van der Waals surface area contributed by atoms with E-state index in [9.17, 15) is 4.79 Å². The minimum atomic E-state index is -0.472. The molecule has 1 saturated carbocycles. The van der Waals surface area contributed by atoms with Crippen molar-refractivity contribution in [3.05, 3.63) is 0 Å². The summed E-state index contributed by atoms with van der Waals surface area (Å²) in [6.07, 6.45) is 4.06. The van der Waals surface area contributed by atoms with E-state index in [4.69, 9.17) is 15.2 Å². The number of hydrogen-bond acceptors (Lipinski definition) is 4. The summed E-state index contributed by atoms with van der Waals surface area (Å²) in [6.45, 7) is 12.9. The fraction of sp³-hybridized carbons (Fsp3) is 0.941. The molecule has 0 atom stereocenters. The number of carbonyl (C=O) groups excluding carboxylic acids is 1. The van der Waals surface area contributed by atoms with Crippen LogP contribution in [-0.2, 0) is 14.3 Å². The van der Waals surface area contributed by atoms with Gasteiger partial charge < -0.3 is 15.2 Å². The van der Waals surface area contributed by atoms with Crippen molar-refractivity contribution in [3.63, 3.8) is 0 Å². The molecule has 0 amide bonds. The highest BCUT2D eigenvalue weighted by atomic mass is 16.6. The Morgan fingerprint density at radius 1 is 1.14 bits per heavy atom. The summed E-state index contributed by atoms with van der Waals surface area (Å²) in [4.78, 5) is 11.8. The Balaban J connectivity index is 2.51. The second-order valence-electron chi connectivity index (χ2n) is 8.40. The van der Waals surface area contributed by atoms with Crippen LogP contribution >= 0.6 is 0 Å². The third kappa shape index (κ3) is 5.95. The molecule has 1 rings (SSSR count). The fourth-order valence-corrected chi connectivity index (χ4v) is 3.00. The lowest BCUT2D eigenvalue weighted by molar-refractivity contribution is -0.169. The number of nitrogens with two attached hydrogens (primary N) is 1. The van der Waals surface area contributed by atoms with Crippen molar-refractivity contribution in [3.8, 4) is 0 Å². The molecule has 0 aliphatic heterocycles. The first-order chi connectivity index (χ1) is 9.47. The van der Waals surface area contributed by atoms with Crippen LogP contribution in [0.4, 0.5) is 0 Å². The first-order valence-electron chi connectivity index (χ1n) is 8.03. The molecular formula is C17H33NO3. The van der Waals surface area contributed by atoms with E-state index in [1.807, 2.05) is 20.8 Å². The second kappa shape index (κ2) is 6.66. The minimum absolute atomic E-state index is 0.00530. The maximum absolute atomic E-state index is 11.8. The Hall–Kier alpha value is -0.610. The molecule has 0 radical (unpaired) electrons. The highest BCUT2D eigenvalue weighted by Crippen LogP contribution is 2.42. The fourth-order valence-electron chi connectivity index (χ4n) is 3.00. The van der Waals surface area contributed by atoms with Crippen molar-refractivity contribution >= 4 is 5.97 Å². The zero-order chi connectivity index (χ0) is 16.3. The first kappa shape index (κ1) is 18.4. The molecule has 4 heteroatoms. The molecule has 2 N–H and O–H groups in total. The van der Waals surface area contributed by atoms with Crippen LogP contribution in [0.2, 0.25) is 0 Å². The molecule has 0 spiro atoms. The standard InChI is InChI=1S/C17H33NO3/c1-15(2,3)13-7-9-17(12-18,10-8-13)20-11-14(19)21-16(4,5)6/h13H,7-12,18H2,1-6H3. The summed E-state index contributed by atoms with van der Waals surface area (Å²) in [6, 6.07) is 0. The van der Waals surface area contributed by atoms with Crippen molar-refractivity contribution in [2.75, 3.05) is 13.2 Å². The quantitative estimate of drug-likeness (QED) is 0.809. The van der Waals surface area contributed by atoms with Crippen LogP contribution in [0.5, 0.6) is 0 Å². The lowest BCUT2D eigenvalue weighted by Crippen LogP contribution is -2.46. The zero-order valence-electron chi connectivity index (χ0n) is 14.6. The Morgan fingerprint density at radius 3 is 2.05 bits per heavy atom. The average Bonchev–Trinajstić information content (AvgIpc) is 2.34. The van der Waals surface area contributed by atoms with Crippen LogP contribution in [0.3, 0.4) is 0 Å². The summed E-state index contributed by atoms with van der Waals surface area (Å²) in [7, 11) is 0. The molecule has 21 heavy (non-hydrogen) atoms. The van der Waals surface area contributed by atoms with Gasteiger partial charge in [0.25, 0.3) is 0 Å². The highest BCUT2D eigenvalue weighted by molar-refractivity contribution is 5.71. The van der Waals surface area contributed by atoms with Gasteiger partial charge in [0.1, 0.15) is 12.2 Å². The van der Waals surface area contributed by atoms with Crippen molar-refractivity contribution in [1.82, 2.24) is 0 Å². The molecule has 1 aliphatic carbocycles. The summed E-state index contributed by atoms with van der Waals surface area (Å²) in [5.74, 6) is 0.385. The number of carbonyl (C=O) groups is 1. The summed E-state index contributed by atoms with van der Waals surface area (Å²) in [5, 5.41) is 0. The number of rotatable bonds is 4. The summed E-state index contributed by atoms with van der Waals surface area (Å²) in [5.41, 5.74) is 5.43. The Kier molecular flexibility index (Phi) is 5.84. The van der Waals surface area contributed by atoms with Gasteiger partial charge in [-0.2, -0.15) is 0 Å². The number of hydrogen-bond donors (Lipinski definition) is 1. The van der Waals surface area contributed by atoms with Gasteiger partial charge in [-0.3, -0.25) is 0 Å². The van der Waals surface area contributed by atoms with E-state index in [0.29, 0.717) is 17.9 Å². The number of ether oxygens (including phenoxy) is 2. The molecule has 1 fully saturated rings. The van der Waals surface area contributed by atoms with E-state index >= 15 is 0 Å².